The molecule has 0 saturated carbocycles. The van der Waals surface area contributed by atoms with E-state index in [9.17, 15) is 19.2 Å². The van der Waals surface area contributed by atoms with Crippen LogP contribution in [0.2, 0.25) is 0 Å². The van der Waals surface area contributed by atoms with Crippen LogP contribution in [-0.2, 0) is 4.74 Å². The van der Waals surface area contributed by atoms with E-state index in [2.05, 4.69) is 9.97 Å². The Balaban J connectivity index is 1.85. The zero-order valence-corrected chi connectivity index (χ0v) is 16.0. The highest BCUT2D eigenvalue weighted by Crippen LogP contribution is 2.21. The summed E-state index contributed by atoms with van der Waals surface area (Å²) in [6.07, 6.45) is -1.10. The van der Waals surface area contributed by atoms with Gasteiger partial charge in [0.25, 0.3) is 5.56 Å². The minimum Gasteiger partial charge on any atom is -0.450 e. The number of hydrogen-bond acceptors (Lipinski definition) is 5. The third-order valence-corrected chi connectivity index (χ3v) is 4.66. The topological polar surface area (TPSA) is 109 Å². The van der Waals surface area contributed by atoms with Crippen LogP contribution in [0.25, 0.3) is 10.8 Å². The van der Waals surface area contributed by atoms with Gasteiger partial charge in [-0.15, -0.1) is 0 Å². The summed E-state index contributed by atoms with van der Waals surface area (Å²) in [5.74, 6) is -1.41. The van der Waals surface area contributed by atoms with Gasteiger partial charge in [-0.3, -0.25) is 14.4 Å². The summed E-state index contributed by atoms with van der Waals surface area (Å²) in [5.41, 5.74) is 1.36. The van der Waals surface area contributed by atoms with Crippen molar-refractivity contribution in [3.05, 3.63) is 68.9 Å². The van der Waals surface area contributed by atoms with Crippen molar-refractivity contribution in [2.45, 2.75) is 33.8 Å². The Morgan fingerprint density at radius 3 is 2.39 bits per heavy atom. The number of hydrogen-bond donors (Lipinski definition) is 2. The first-order valence-corrected chi connectivity index (χ1v) is 8.78. The number of aromatic amines is 2. The predicted octanol–water partition coefficient (Wildman–Crippen LogP) is 3.10. The number of H-pyrrole nitrogens is 2. The quantitative estimate of drug-likeness (QED) is 0.522. The normalized spacial score (nSPS) is 12.0. The fraction of sp³-hybridized carbons (Fsp3) is 0.238. The van der Waals surface area contributed by atoms with Gasteiger partial charge in [-0.05, 0) is 50.8 Å². The molecular weight excluding hydrogens is 360 g/mol. The predicted molar refractivity (Wildman–Crippen MR) is 104 cm³/mol. The Bertz CT molecular complexity index is 1170. The Morgan fingerprint density at radius 2 is 1.75 bits per heavy atom. The van der Waals surface area contributed by atoms with Crippen molar-refractivity contribution in [3.63, 3.8) is 0 Å². The molecule has 3 rings (SSSR count). The lowest BCUT2D eigenvalue weighted by Gasteiger charge is -2.12. The number of carbonyl (C=O) groups excluding carboxylic acids is 3. The van der Waals surface area contributed by atoms with E-state index in [0.29, 0.717) is 27.6 Å². The lowest BCUT2D eigenvalue weighted by molar-refractivity contribution is 0.0311. The van der Waals surface area contributed by atoms with Gasteiger partial charge in [-0.2, -0.15) is 0 Å². The van der Waals surface area contributed by atoms with Crippen LogP contribution < -0.4 is 5.56 Å². The molecule has 0 aliphatic rings. The number of benzene rings is 1. The van der Waals surface area contributed by atoms with Gasteiger partial charge in [-0.25, -0.2) is 4.79 Å². The van der Waals surface area contributed by atoms with Crippen LogP contribution in [0.15, 0.2) is 35.1 Å². The Morgan fingerprint density at radius 1 is 1.07 bits per heavy atom. The van der Waals surface area contributed by atoms with Crippen LogP contribution in [0.5, 0.6) is 0 Å². The summed E-state index contributed by atoms with van der Waals surface area (Å²) >= 11 is 0. The van der Waals surface area contributed by atoms with E-state index in [1.54, 1.807) is 38.1 Å². The lowest BCUT2D eigenvalue weighted by atomic mass is 10.0. The molecule has 0 unspecified atom stereocenters. The molecule has 144 valence electrons. The molecule has 7 heteroatoms. The summed E-state index contributed by atoms with van der Waals surface area (Å²) in [5, 5.41) is 1.05. The van der Waals surface area contributed by atoms with Gasteiger partial charge in [0.1, 0.15) is 5.69 Å². The van der Waals surface area contributed by atoms with Crippen molar-refractivity contribution in [1.82, 2.24) is 9.97 Å². The molecule has 0 fully saturated rings. The first-order chi connectivity index (χ1) is 13.2. The highest BCUT2D eigenvalue weighted by molar-refractivity contribution is 6.05. The molecule has 2 N–H and O–H groups in total. The number of ketones is 2. The maximum absolute atomic E-state index is 12.7. The number of rotatable bonds is 5. The third kappa shape index (κ3) is 3.38. The number of carbonyl (C=O) groups is 3. The zero-order chi connectivity index (χ0) is 20.6. The second-order valence-corrected chi connectivity index (χ2v) is 6.69. The van der Waals surface area contributed by atoms with Gasteiger partial charge >= 0.3 is 5.97 Å². The number of ether oxygens (including phenoxy) is 1. The summed E-state index contributed by atoms with van der Waals surface area (Å²) < 4.78 is 5.26. The van der Waals surface area contributed by atoms with Crippen molar-refractivity contribution in [1.29, 1.82) is 0 Å². The number of esters is 1. The molecule has 2 heterocycles. The average Bonchev–Trinajstić information content (AvgIpc) is 2.95. The molecule has 2 aromatic heterocycles. The number of aromatic nitrogens is 2. The molecule has 0 amide bonds. The molecule has 7 nitrogen and oxygen atoms in total. The minimum absolute atomic E-state index is 0.0350. The average molecular weight is 380 g/mol. The van der Waals surface area contributed by atoms with Crippen LogP contribution in [0.1, 0.15) is 56.4 Å². The van der Waals surface area contributed by atoms with Crippen LogP contribution in [0.4, 0.5) is 0 Å². The maximum Gasteiger partial charge on any atom is 0.355 e. The maximum atomic E-state index is 12.7. The van der Waals surface area contributed by atoms with E-state index in [1.807, 2.05) is 0 Å². The zero-order valence-electron chi connectivity index (χ0n) is 16.0. The van der Waals surface area contributed by atoms with E-state index in [-0.39, 0.29) is 17.2 Å². The molecule has 0 aliphatic carbocycles. The monoisotopic (exact) mass is 380 g/mol. The Labute approximate surface area is 160 Å². The summed E-state index contributed by atoms with van der Waals surface area (Å²) in [6, 6.07) is 8.36. The van der Waals surface area contributed by atoms with E-state index >= 15 is 0 Å². The van der Waals surface area contributed by atoms with Crippen molar-refractivity contribution < 1.29 is 19.1 Å². The van der Waals surface area contributed by atoms with Crippen molar-refractivity contribution >= 4 is 28.3 Å². The first-order valence-electron chi connectivity index (χ1n) is 8.78. The molecule has 0 aliphatic heterocycles. The fourth-order valence-electron chi connectivity index (χ4n) is 3.33. The molecule has 1 atom stereocenters. The van der Waals surface area contributed by atoms with Gasteiger partial charge < -0.3 is 14.7 Å². The Kier molecular flexibility index (Phi) is 5.00. The number of nitrogens with one attached hydrogen (secondary N) is 2. The number of Topliss-reactive ketones (excluding diaryl/α,β-unsaturated/α-hetero) is 2. The summed E-state index contributed by atoms with van der Waals surface area (Å²) in [6.45, 7) is 6.25. The van der Waals surface area contributed by atoms with E-state index < -0.39 is 23.4 Å². The number of fused-ring (bicyclic) bond motifs is 1. The highest BCUT2D eigenvalue weighted by Gasteiger charge is 2.26. The van der Waals surface area contributed by atoms with Gasteiger partial charge in [0.05, 0.1) is 5.69 Å². The number of aryl methyl sites for hydroxylation is 1. The van der Waals surface area contributed by atoms with Crippen molar-refractivity contribution in [3.8, 4) is 0 Å². The molecule has 0 bridgehead atoms. The highest BCUT2D eigenvalue weighted by atomic mass is 16.5. The molecular formula is C21H20N2O5. The molecule has 28 heavy (non-hydrogen) atoms. The van der Waals surface area contributed by atoms with Crippen molar-refractivity contribution in [2.24, 2.45) is 0 Å². The largest absolute Gasteiger partial charge is 0.450 e. The van der Waals surface area contributed by atoms with E-state index in [4.69, 9.17) is 4.74 Å². The van der Waals surface area contributed by atoms with Gasteiger partial charge in [0.15, 0.2) is 11.9 Å². The van der Waals surface area contributed by atoms with Crippen LogP contribution >= 0.6 is 0 Å². The number of pyridine rings is 1. The van der Waals surface area contributed by atoms with Gasteiger partial charge in [0, 0.05) is 16.6 Å². The molecule has 0 radical (unpaired) electrons. The molecule has 3 aromatic rings. The summed E-state index contributed by atoms with van der Waals surface area (Å²) in [4.78, 5) is 54.4. The molecule has 0 spiro atoms. The Hall–Kier alpha value is -3.48. The van der Waals surface area contributed by atoms with Crippen LogP contribution in [0, 0.1) is 13.8 Å². The van der Waals surface area contributed by atoms with E-state index in [1.165, 1.54) is 19.9 Å². The van der Waals surface area contributed by atoms with Crippen molar-refractivity contribution in [2.75, 3.05) is 0 Å². The van der Waals surface area contributed by atoms with Crippen LogP contribution in [0.3, 0.4) is 0 Å². The van der Waals surface area contributed by atoms with Crippen LogP contribution in [-0.4, -0.2) is 33.6 Å². The minimum atomic E-state index is -1.10. The fourth-order valence-corrected chi connectivity index (χ4v) is 3.33. The molecule has 0 saturated heterocycles. The lowest BCUT2D eigenvalue weighted by Crippen LogP contribution is -2.26. The van der Waals surface area contributed by atoms with Gasteiger partial charge in [-0.1, -0.05) is 18.2 Å². The second kappa shape index (κ2) is 7.26. The second-order valence-electron chi connectivity index (χ2n) is 6.69. The smallest absolute Gasteiger partial charge is 0.355 e. The SMILES string of the molecule is CC(=O)c1c(C)[nH]c(C(=O)[C@H](C)OC(=O)c2cc3ccccc3c(=O)[nH]2)c1C. The molecule has 1 aromatic carbocycles. The standard InChI is InChI=1S/C21H20N2O5/c1-10-17(12(3)24)11(2)22-18(10)19(25)13(4)28-21(27)16-9-14-7-5-6-8-15(14)20(26)23-16/h5-9,13,22H,1-4H3,(H,23,26)/t13-/m0/s1. The van der Waals surface area contributed by atoms with Gasteiger partial charge in [0.2, 0.25) is 5.78 Å². The summed E-state index contributed by atoms with van der Waals surface area (Å²) in [7, 11) is 0. The first kappa shape index (κ1) is 19.3. The van der Waals surface area contributed by atoms with E-state index in [0.717, 1.165) is 0 Å². The third-order valence-electron chi connectivity index (χ3n) is 4.66.